The number of halogens is 3. The molecule has 0 saturated carbocycles. The van der Waals surface area contributed by atoms with Crippen LogP contribution in [0.1, 0.15) is 21.6 Å². The van der Waals surface area contributed by atoms with Crippen LogP contribution in [0.25, 0.3) is 0 Å². The molecule has 0 aliphatic carbocycles. The zero-order valence-corrected chi connectivity index (χ0v) is 13.5. The summed E-state index contributed by atoms with van der Waals surface area (Å²) in [6.07, 6.45) is 0.194. The fraction of sp³-hybridized carbons (Fsp3) is 0.231. The average molecular weight is 362 g/mol. The lowest BCUT2D eigenvalue weighted by Crippen LogP contribution is -2.05. The van der Waals surface area contributed by atoms with Crippen molar-refractivity contribution >= 4 is 44.9 Å². The van der Waals surface area contributed by atoms with Crippen molar-refractivity contribution in [1.29, 1.82) is 0 Å². The van der Waals surface area contributed by atoms with Gasteiger partial charge >= 0.3 is 0 Å². The monoisotopic (exact) mass is 360 g/mol. The number of hydrogen-bond acceptors (Lipinski definition) is 2. The van der Waals surface area contributed by atoms with Crippen LogP contribution in [0, 0.1) is 6.92 Å². The Balaban J connectivity index is 2.31. The maximum absolute atomic E-state index is 12.3. The Bertz CT molecular complexity index is 652. The minimum absolute atomic E-state index is 0.0736. The van der Waals surface area contributed by atoms with E-state index in [9.17, 15) is 4.79 Å². The Hall–Kier alpha value is -0.840. The number of carbonyl (C=O) groups excluding carboxylic acids is 1. The summed E-state index contributed by atoms with van der Waals surface area (Å²) in [5, 5.41) is 5.10. The van der Waals surface area contributed by atoms with Gasteiger partial charge in [0.2, 0.25) is 0 Å². The molecule has 0 amide bonds. The summed E-state index contributed by atoms with van der Waals surface area (Å²) in [5.41, 5.74) is 1.99. The summed E-state index contributed by atoms with van der Waals surface area (Å²) in [7, 11) is 1.75. The minimum Gasteiger partial charge on any atom is -0.294 e. The first kappa shape index (κ1) is 14.6. The van der Waals surface area contributed by atoms with Gasteiger partial charge in [0, 0.05) is 29.1 Å². The summed E-state index contributed by atoms with van der Waals surface area (Å²) in [6, 6.07) is 5.19. The van der Waals surface area contributed by atoms with E-state index in [4.69, 9.17) is 23.2 Å². The molecular weight excluding hydrogens is 351 g/mol. The van der Waals surface area contributed by atoms with Gasteiger partial charge in [0.15, 0.2) is 5.78 Å². The summed E-state index contributed by atoms with van der Waals surface area (Å²) >= 11 is 15.5. The molecule has 0 unspecified atom stereocenters. The predicted molar refractivity (Wildman–Crippen MR) is 80.1 cm³/mol. The summed E-state index contributed by atoms with van der Waals surface area (Å²) in [5.74, 6) is -0.0736. The van der Waals surface area contributed by atoms with Crippen LogP contribution in [0.15, 0.2) is 22.7 Å². The molecular formula is C13H11BrCl2N2O. The number of aromatic nitrogens is 2. The maximum Gasteiger partial charge on any atom is 0.168 e. The minimum atomic E-state index is -0.0736. The lowest BCUT2D eigenvalue weighted by atomic mass is 10.0. The number of carbonyl (C=O) groups is 1. The van der Waals surface area contributed by atoms with Crippen LogP contribution in [0.3, 0.4) is 0 Å². The second kappa shape index (κ2) is 5.65. The third-order valence-electron chi connectivity index (χ3n) is 2.84. The molecule has 1 heterocycles. The number of aryl methyl sites for hydroxylation is 2. The molecule has 0 bridgehead atoms. The van der Waals surface area contributed by atoms with Crippen molar-refractivity contribution in [3.8, 4) is 0 Å². The topological polar surface area (TPSA) is 34.9 Å². The lowest BCUT2D eigenvalue weighted by Gasteiger charge is -2.04. The quantitative estimate of drug-likeness (QED) is 0.767. The van der Waals surface area contributed by atoms with Gasteiger partial charge < -0.3 is 0 Å². The van der Waals surface area contributed by atoms with Crippen molar-refractivity contribution in [2.75, 3.05) is 0 Å². The van der Waals surface area contributed by atoms with Gasteiger partial charge in [-0.25, -0.2) is 0 Å². The SMILES string of the molecule is Cc1nn(C)c(Cl)c1CC(=O)c1ccc(Br)cc1Cl. The molecule has 0 atom stereocenters. The van der Waals surface area contributed by atoms with E-state index in [0.29, 0.717) is 15.7 Å². The van der Waals surface area contributed by atoms with Gasteiger partial charge in [-0.2, -0.15) is 5.10 Å². The number of hydrogen-bond donors (Lipinski definition) is 0. The van der Waals surface area contributed by atoms with E-state index in [-0.39, 0.29) is 12.2 Å². The molecule has 0 radical (unpaired) electrons. The normalized spacial score (nSPS) is 10.8. The first-order valence-corrected chi connectivity index (χ1v) is 7.11. The van der Waals surface area contributed by atoms with E-state index in [1.54, 1.807) is 29.9 Å². The highest BCUT2D eigenvalue weighted by Gasteiger charge is 2.17. The molecule has 0 saturated heterocycles. The van der Waals surface area contributed by atoms with Crippen LogP contribution in [-0.4, -0.2) is 15.6 Å². The van der Waals surface area contributed by atoms with Crippen molar-refractivity contribution in [3.63, 3.8) is 0 Å². The second-order valence-electron chi connectivity index (χ2n) is 4.20. The standard InChI is InChI=1S/C13H11BrCl2N2O/c1-7-10(13(16)18(2)17-7)6-12(19)9-4-3-8(14)5-11(9)15/h3-5H,6H2,1-2H3. The van der Waals surface area contributed by atoms with E-state index >= 15 is 0 Å². The van der Waals surface area contributed by atoms with Crippen molar-refractivity contribution in [2.24, 2.45) is 7.05 Å². The molecule has 19 heavy (non-hydrogen) atoms. The van der Waals surface area contributed by atoms with Gasteiger partial charge in [0.1, 0.15) is 5.15 Å². The maximum atomic E-state index is 12.3. The molecule has 0 aliphatic heterocycles. The molecule has 1 aromatic carbocycles. The molecule has 2 aromatic rings. The molecule has 1 aromatic heterocycles. The van der Waals surface area contributed by atoms with Crippen molar-refractivity contribution < 1.29 is 4.79 Å². The first-order valence-electron chi connectivity index (χ1n) is 5.56. The molecule has 0 aliphatic rings. The highest BCUT2D eigenvalue weighted by Crippen LogP contribution is 2.25. The third-order valence-corrected chi connectivity index (χ3v) is 4.12. The van der Waals surface area contributed by atoms with Crippen LogP contribution < -0.4 is 0 Å². The van der Waals surface area contributed by atoms with Gasteiger partial charge in [0.05, 0.1) is 10.7 Å². The second-order valence-corrected chi connectivity index (χ2v) is 5.88. The van der Waals surface area contributed by atoms with Crippen LogP contribution in [0.2, 0.25) is 10.2 Å². The molecule has 0 fully saturated rings. The largest absolute Gasteiger partial charge is 0.294 e. The third kappa shape index (κ3) is 3.02. The van der Waals surface area contributed by atoms with Gasteiger partial charge in [-0.05, 0) is 25.1 Å². The average Bonchev–Trinajstić information content (AvgIpc) is 2.56. The zero-order chi connectivity index (χ0) is 14.2. The number of benzene rings is 1. The zero-order valence-electron chi connectivity index (χ0n) is 10.4. The van der Waals surface area contributed by atoms with Crippen LogP contribution >= 0.6 is 39.1 Å². The molecule has 3 nitrogen and oxygen atoms in total. The number of nitrogens with zero attached hydrogens (tertiary/aromatic N) is 2. The molecule has 0 spiro atoms. The van der Waals surface area contributed by atoms with Gasteiger partial charge in [-0.3, -0.25) is 9.48 Å². The van der Waals surface area contributed by atoms with Crippen LogP contribution in [0.4, 0.5) is 0 Å². The lowest BCUT2D eigenvalue weighted by molar-refractivity contribution is 0.0993. The predicted octanol–water partition coefficient (Wildman–Crippen LogP) is 4.22. The number of Topliss-reactive ketones (excluding diaryl/α,β-unsaturated/α-hetero) is 1. The Kier molecular flexibility index (Phi) is 4.33. The van der Waals surface area contributed by atoms with E-state index in [2.05, 4.69) is 21.0 Å². The molecule has 0 N–H and O–H groups in total. The summed E-state index contributed by atoms with van der Waals surface area (Å²) in [4.78, 5) is 12.3. The smallest absolute Gasteiger partial charge is 0.168 e. The fourth-order valence-corrected chi connectivity index (χ4v) is 2.87. The Morgan fingerprint density at radius 1 is 1.42 bits per heavy atom. The van der Waals surface area contributed by atoms with E-state index in [1.165, 1.54) is 0 Å². The first-order chi connectivity index (χ1) is 8.90. The molecule has 100 valence electrons. The van der Waals surface area contributed by atoms with Crippen molar-refractivity contribution in [1.82, 2.24) is 9.78 Å². The Morgan fingerprint density at radius 3 is 2.63 bits per heavy atom. The number of ketones is 1. The van der Waals surface area contributed by atoms with E-state index in [1.807, 2.05) is 6.92 Å². The van der Waals surface area contributed by atoms with Gasteiger partial charge in [0.25, 0.3) is 0 Å². The Labute approximate surface area is 129 Å². The Morgan fingerprint density at radius 2 is 2.11 bits per heavy atom. The highest BCUT2D eigenvalue weighted by atomic mass is 79.9. The molecule has 2 rings (SSSR count). The van der Waals surface area contributed by atoms with Gasteiger partial charge in [-0.15, -0.1) is 0 Å². The van der Waals surface area contributed by atoms with Crippen molar-refractivity contribution in [2.45, 2.75) is 13.3 Å². The van der Waals surface area contributed by atoms with Gasteiger partial charge in [-0.1, -0.05) is 39.1 Å². The van der Waals surface area contributed by atoms with Crippen molar-refractivity contribution in [3.05, 3.63) is 49.7 Å². The molecule has 6 heteroatoms. The highest BCUT2D eigenvalue weighted by molar-refractivity contribution is 9.10. The van der Waals surface area contributed by atoms with Crippen LogP contribution in [-0.2, 0) is 13.5 Å². The summed E-state index contributed by atoms with van der Waals surface area (Å²) < 4.78 is 2.40. The fourth-order valence-electron chi connectivity index (χ4n) is 1.85. The van der Waals surface area contributed by atoms with Crippen LogP contribution in [0.5, 0.6) is 0 Å². The number of rotatable bonds is 3. The summed E-state index contributed by atoms with van der Waals surface area (Å²) in [6.45, 7) is 1.83. The van der Waals surface area contributed by atoms with E-state index in [0.717, 1.165) is 15.7 Å². The van der Waals surface area contributed by atoms with E-state index < -0.39 is 0 Å².